The van der Waals surface area contributed by atoms with Crippen LogP contribution in [0.25, 0.3) is 0 Å². The van der Waals surface area contributed by atoms with Gasteiger partial charge in [-0.1, -0.05) is 23.7 Å². The highest BCUT2D eigenvalue weighted by Crippen LogP contribution is 2.29. The maximum atomic E-state index is 12.4. The van der Waals surface area contributed by atoms with Crippen LogP contribution in [0.2, 0.25) is 5.02 Å². The first-order chi connectivity index (χ1) is 8.89. The van der Waals surface area contributed by atoms with Crippen LogP contribution in [0.3, 0.4) is 0 Å². The molecular weight excluding hydrogens is 279 g/mol. The molecule has 1 heterocycles. The van der Waals surface area contributed by atoms with E-state index in [-0.39, 0.29) is 16.1 Å². The number of alkyl halides is 3. The summed E-state index contributed by atoms with van der Waals surface area (Å²) in [6, 6.07) is 5.40. The molecule has 1 aromatic carbocycles. The van der Waals surface area contributed by atoms with Gasteiger partial charge in [0.2, 0.25) is 0 Å². The topological polar surface area (TPSA) is 30.0 Å². The fraction of sp³-hybridized carbons (Fsp3) is 0.0769. The van der Waals surface area contributed by atoms with E-state index >= 15 is 0 Å². The second-order valence-corrected chi connectivity index (χ2v) is 4.17. The van der Waals surface area contributed by atoms with Crippen molar-refractivity contribution in [3.05, 3.63) is 64.4 Å². The molecule has 0 N–H and O–H groups in total. The average Bonchev–Trinajstić information content (AvgIpc) is 2.38. The zero-order chi connectivity index (χ0) is 14.0. The highest BCUT2D eigenvalue weighted by Gasteiger charge is 2.30. The van der Waals surface area contributed by atoms with Crippen LogP contribution >= 0.6 is 11.6 Å². The predicted octanol–water partition coefficient (Wildman–Crippen LogP) is 3.98. The lowest BCUT2D eigenvalue weighted by molar-refractivity contribution is -0.137. The molecule has 0 aliphatic carbocycles. The number of hydrogen-bond acceptors (Lipinski definition) is 2. The summed E-state index contributed by atoms with van der Waals surface area (Å²) in [5.74, 6) is -0.443. The Hall–Kier alpha value is -1.88. The van der Waals surface area contributed by atoms with E-state index in [2.05, 4.69) is 4.98 Å². The van der Waals surface area contributed by atoms with Crippen LogP contribution in [0, 0.1) is 0 Å². The summed E-state index contributed by atoms with van der Waals surface area (Å²) in [5, 5.41) is 0.160. The number of carbonyl (C=O) groups excluding carboxylic acids is 1. The van der Waals surface area contributed by atoms with Crippen LogP contribution in [0.5, 0.6) is 0 Å². The molecule has 0 aliphatic heterocycles. The van der Waals surface area contributed by atoms with Gasteiger partial charge in [-0.15, -0.1) is 0 Å². The number of rotatable bonds is 2. The van der Waals surface area contributed by atoms with Crippen molar-refractivity contribution in [1.29, 1.82) is 0 Å². The quantitative estimate of drug-likeness (QED) is 0.781. The lowest BCUT2D eigenvalue weighted by atomic mass is 10.0. The Labute approximate surface area is 111 Å². The molecule has 2 nitrogen and oxygen atoms in total. The Morgan fingerprint density at radius 1 is 1.11 bits per heavy atom. The maximum absolute atomic E-state index is 12.4. The molecule has 0 spiro atoms. The first-order valence-corrected chi connectivity index (χ1v) is 5.59. The van der Waals surface area contributed by atoms with E-state index in [0.29, 0.717) is 0 Å². The Bertz CT molecular complexity index is 608. The van der Waals surface area contributed by atoms with E-state index in [1.165, 1.54) is 18.5 Å². The summed E-state index contributed by atoms with van der Waals surface area (Å²) >= 11 is 5.81. The first-order valence-electron chi connectivity index (χ1n) is 5.21. The molecule has 0 saturated heterocycles. The smallest absolute Gasteiger partial charge is 0.289 e. The summed E-state index contributed by atoms with van der Waals surface area (Å²) in [4.78, 5) is 15.8. The molecule has 0 bridgehead atoms. The number of benzene rings is 1. The van der Waals surface area contributed by atoms with Crippen LogP contribution < -0.4 is 0 Å². The predicted molar refractivity (Wildman–Crippen MR) is 64.1 cm³/mol. The van der Waals surface area contributed by atoms with Gasteiger partial charge in [-0.05, 0) is 18.2 Å². The molecule has 0 radical (unpaired) electrons. The van der Waals surface area contributed by atoms with Crippen molar-refractivity contribution in [2.24, 2.45) is 0 Å². The molecule has 1 aromatic heterocycles. The van der Waals surface area contributed by atoms with E-state index in [9.17, 15) is 18.0 Å². The third-order valence-electron chi connectivity index (χ3n) is 2.49. The zero-order valence-electron chi connectivity index (χ0n) is 9.41. The van der Waals surface area contributed by atoms with Crippen LogP contribution in [-0.4, -0.2) is 10.8 Å². The van der Waals surface area contributed by atoms with Gasteiger partial charge in [0.15, 0.2) is 5.78 Å². The summed E-state index contributed by atoms with van der Waals surface area (Å²) in [5.41, 5.74) is -0.456. The molecule has 0 fully saturated rings. The first kappa shape index (κ1) is 13.5. The minimum absolute atomic E-state index is 0.140. The Morgan fingerprint density at radius 3 is 2.26 bits per heavy atom. The SMILES string of the molecule is O=C(c1ccc(C(F)(F)F)cc1)c1ccncc1Cl. The van der Waals surface area contributed by atoms with E-state index in [0.717, 1.165) is 24.3 Å². The molecule has 2 aromatic rings. The van der Waals surface area contributed by atoms with Crippen molar-refractivity contribution in [3.8, 4) is 0 Å². The van der Waals surface area contributed by atoms with Gasteiger partial charge in [0.05, 0.1) is 10.6 Å². The van der Waals surface area contributed by atoms with Crippen molar-refractivity contribution < 1.29 is 18.0 Å². The second-order valence-electron chi connectivity index (χ2n) is 3.76. The minimum atomic E-state index is -4.42. The van der Waals surface area contributed by atoms with Gasteiger partial charge in [-0.25, -0.2) is 0 Å². The molecule has 6 heteroatoms. The normalized spacial score (nSPS) is 11.4. The molecule has 0 aliphatic rings. The van der Waals surface area contributed by atoms with E-state index in [1.54, 1.807) is 0 Å². The van der Waals surface area contributed by atoms with Crippen LogP contribution in [0.1, 0.15) is 21.5 Å². The number of pyridine rings is 1. The summed E-state index contributed by atoms with van der Waals surface area (Å²) in [7, 11) is 0. The lowest BCUT2D eigenvalue weighted by Gasteiger charge is -2.07. The number of hydrogen-bond donors (Lipinski definition) is 0. The summed E-state index contributed by atoms with van der Waals surface area (Å²) in [6.45, 7) is 0. The number of aromatic nitrogens is 1. The van der Waals surface area contributed by atoms with Crippen LogP contribution in [0.4, 0.5) is 13.2 Å². The molecular formula is C13H7ClF3NO. The third-order valence-corrected chi connectivity index (χ3v) is 2.79. The minimum Gasteiger partial charge on any atom is -0.289 e. The number of halogens is 4. The molecule has 19 heavy (non-hydrogen) atoms. The Kier molecular flexibility index (Phi) is 3.57. The fourth-order valence-corrected chi connectivity index (χ4v) is 1.73. The van der Waals surface area contributed by atoms with E-state index in [1.807, 2.05) is 0 Å². The highest BCUT2D eigenvalue weighted by molar-refractivity contribution is 6.34. The van der Waals surface area contributed by atoms with Gasteiger partial charge >= 0.3 is 6.18 Å². The lowest BCUT2D eigenvalue weighted by Crippen LogP contribution is -2.07. The zero-order valence-corrected chi connectivity index (χ0v) is 10.2. The van der Waals surface area contributed by atoms with Crippen molar-refractivity contribution in [2.75, 3.05) is 0 Å². The Balaban J connectivity index is 2.34. The molecule has 0 saturated carbocycles. The molecule has 2 rings (SSSR count). The van der Waals surface area contributed by atoms with Gasteiger partial charge in [0, 0.05) is 23.5 Å². The largest absolute Gasteiger partial charge is 0.416 e. The summed E-state index contributed by atoms with van der Waals surface area (Å²) in [6.07, 6.45) is -1.72. The third kappa shape index (κ3) is 2.93. The molecule has 0 atom stereocenters. The molecule has 0 unspecified atom stereocenters. The van der Waals surface area contributed by atoms with Crippen molar-refractivity contribution in [2.45, 2.75) is 6.18 Å². The molecule has 98 valence electrons. The van der Waals surface area contributed by atoms with Gasteiger partial charge < -0.3 is 0 Å². The molecule has 0 amide bonds. The Morgan fingerprint density at radius 2 is 1.74 bits per heavy atom. The van der Waals surface area contributed by atoms with Crippen molar-refractivity contribution in [3.63, 3.8) is 0 Å². The number of carbonyl (C=O) groups is 1. The average molecular weight is 286 g/mol. The van der Waals surface area contributed by atoms with E-state index < -0.39 is 17.5 Å². The highest BCUT2D eigenvalue weighted by atomic mass is 35.5. The monoisotopic (exact) mass is 285 g/mol. The maximum Gasteiger partial charge on any atom is 0.416 e. The van der Waals surface area contributed by atoms with Crippen molar-refractivity contribution >= 4 is 17.4 Å². The van der Waals surface area contributed by atoms with E-state index in [4.69, 9.17) is 11.6 Å². The second kappa shape index (κ2) is 5.01. The van der Waals surface area contributed by atoms with Gasteiger partial charge in [-0.2, -0.15) is 13.2 Å². The van der Waals surface area contributed by atoms with Gasteiger partial charge in [0.25, 0.3) is 0 Å². The van der Waals surface area contributed by atoms with Gasteiger partial charge in [-0.3, -0.25) is 9.78 Å². The summed E-state index contributed by atoms with van der Waals surface area (Å²) < 4.78 is 37.2. The van der Waals surface area contributed by atoms with Crippen molar-refractivity contribution in [1.82, 2.24) is 4.98 Å². The van der Waals surface area contributed by atoms with Crippen LogP contribution in [0.15, 0.2) is 42.7 Å². The number of ketones is 1. The fourth-order valence-electron chi connectivity index (χ4n) is 1.53. The van der Waals surface area contributed by atoms with Gasteiger partial charge in [0.1, 0.15) is 0 Å². The van der Waals surface area contributed by atoms with Crippen LogP contribution in [-0.2, 0) is 6.18 Å². The number of nitrogens with zero attached hydrogens (tertiary/aromatic N) is 1. The standard InChI is InChI=1S/C13H7ClF3NO/c14-11-7-18-6-5-10(11)12(19)8-1-3-9(4-2-8)13(15,16)17/h1-7H.